The van der Waals surface area contributed by atoms with Crippen LogP contribution in [0.15, 0.2) is 15.5 Å². The molecule has 6 heteroatoms. The summed E-state index contributed by atoms with van der Waals surface area (Å²) in [5.74, 6) is 0. The van der Waals surface area contributed by atoms with E-state index in [9.17, 15) is 4.79 Å². The molecular weight excluding hydrogens is 298 g/mol. The van der Waals surface area contributed by atoms with E-state index in [1.807, 2.05) is 0 Å². The highest BCUT2D eigenvalue weighted by molar-refractivity contribution is 9.10. The third-order valence-corrected chi connectivity index (χ3v) is 3.92. The number of rotatable bonds is 5. The van der Waals surface area contributed by atoms with E-state index in [1.54, 1.807) is 13.2 Å². The minimum Gasteiger partial charge on any atom is -0.380 e. The molecular formula is C12H18BrN3O2. The standard InChI is InChI=1S/C12H18BrN3O2/c1-16-12(17)11(13)10(8-15-16)14-6-7-18-9-4-2-3-5-9/h8-9,14H,2-7H2,1H3. The molecule has 1 saturated carbocycles. The number of aromatic nitrogens is 2. The molecule has 1 aliphatic carbocycles. The van der Waals surface area contributed by atoms with Gasteiger partial charge in [-0.25, -0.2) is 4.68 Å². The fourth-order valence-electron chi connectivity index (χ4n) is 2.10. The van der Waals surface area contributed by atoms with E-state index in [-0.39, 0.29) is 5.56 Å². The van der Waals surface area contributed by atoms with Crippen molar-refractivity contribution in [1.29, 1.82) is 0 Å². The summed E-state index contributed by atoms with van der Waals surface area (Å²) in [5.41, 5.74) is 0.574. The van der Waals surface area contributed by atoms with Crippen molar-refractivity contribution in [3.8, 4) is 0 Å². The third-order valence-electron chi connectivity index (χ3n) is 3.15. The first-order chi connectivity index (χ1) is 8.68. The molecule has 0 aromatic carbocycles. The number of hydrogen-bond donors (Lipinski definition) is 1. The molecule has 0 unspecified atom stereocenters. The number of nitrogens with one attached hydrogen (secondary N) is 1. The van der Waals surface area contributed by atoms with Gasteiger partial charge >= 0.3 is 0 Å². The SMILES string of the molecule is Cn1ncc(NCCOC2CCCC2)c(Br)c1=O. The number of aryl methyl sites for hydroxylation is 1. The molecule has 0 spiro atoms. The predicted molar refractivity (Wildman–Crippen MR) is 73.9 cm³/mol. The van der Waals surface area contributed by atoms with Gasteiger partial charge in [-0.1, -0.05) is 12.8 Å². The molecule has 0 radical (unpaired) electrons. The Bertz CT molecular complexity index is 455. The zero-order valence-corrected chi connectivity index (χ0v) is 12.1. The normalized spacial score (nSPS) is 16.1. The van der Waals surface area contributed by atoms with Crippen molar-refractivity contribution in [3.63, 3.8) is 0 Å². The Kier molecular flexibility index (Phi) is 4.77. The van der Waals surface area contributed by atoms with Crippen LogP contribution in [0.1, 0.15) is 25.7 Å². The lowest BCUT2D eigenvalue weighted by Crippen LogP contribution is -2.22. The van der Waals surface area contributed by atoms with Crippen LogP contribution in [0, 0.1) is 0 Å². The van der Waals surface area contributed by atoms with Gasteiger partial charge in [0, 0.05) is 13.6 Å². The van der Waals surface area contributed by atoms with Gasteiger partial charge in [-0.2, -0.15) is 5.10 Å². The number of halogens is 1. The molecule has 1 N–H and O–H groups in total. The van der Waals surface area contributed by atoms with Crippen LogP contribution in [0.4, 0.5) is 5.69 Å². The van der Waals surface area contributed by atoms with Crippen LogP contribution in [0.5, 0.6) is 0 Å². The second kappa shape index (κ2) is 6.33. The molecule has 5 nitrogen and oxygen atoms in total. The summed E-state index contributed by atoms with van der Waals surface area (Å²) < 4.78 is 7.55. The average Bonchev–Trinajstić information content (AvgIpc) is 2.87. The van der Waals surface area contributed by atoms with Gasteiger partial charge in [-0.3, -0.25) is 4.79 Å². The average molecular weight is 316 g/mol. The van der Waals surface area contributed by atoms with Gasteiger partial charge in [0.25, 0.3) is 5.56 Å². The monoisotopic (exact) mass is 315 g/mol. The second-order valence-corrected chi connectivity index (χ2v) is 5.30. The van der Waals surface area contributed by atoms with Crippen LogP contribution < -0.4 is 10.9 Å². The van der Waals surface area contributed by atoms with Crippen molar-refractivity contribution in [2.24, 2.45) is 7.05 Å². The maximum atomic E-state index is 11.6. The maximum Gasteiger partial charge on any atom is 0.282 e. The summed E-state index contributed by atoms with van der Waals surface area (Å²) in [6.07, 6.45) is 6.98. The van der Waals surface area contributed by atoms with Gasteiger partial charge < -0.3 is 10.1 Å². The summed E-state index contributed by atoms with van der Waals surface area (Å²) >= 11 is 3.27. The number of anilines is 1. The molecule has 1 aliphatic rings. The maximum absolute atomic E-state index is 11.6. The van der Waals surface area contributed by atoms with Crippen LogP contribution in [0.2, 0.25) is 0 Å². The predicted octanol–water partition coefficient (Wildman–Crippen LogP) is 1.91. The molecule has 18 heavy (non-hydrogen) atoms. The summed E-state index contributed by atoms with van der Waals surface area (Å²) in [4.78, 5) is 11.6. The van der Waals surface area contributed by atoms with E-state index in [2.05, 4.69) is 26.3 Å². The Labute approximate surface area is 115 Å². The summed E-state index contributed by atoms with van der Waals surface area (Å²) in [5, 5.41) is 7.12. The lowest BCUT2D eigenvalue weighted by Gasteiger charge is -2.12. The first-order valence-corrected chi connectivity index (χ1v) is 7.05. The number of nitrogens with zero attached hydrogens (tertiary/aromatic N) is 2. The van der Waals surface area contributed by atoms with Gasteiger partial charge in [0.1, 0.15) is 4.47 Å². The Hall–Kier alpha value is -0.880. The van der Waals surface area contributed by atoms with E-state index in [4.69, 9.17) is 4.74 Å². The molecule has 100 valence electrons. The van der Waals surface area contributed by atoms with E-state index in [0.29, 0.717) is 29.4 Å². The Balaban J connectivity index is 1.79. The van der Waals surface area contributed by atoms with Crippen molar-refractivity contribution in [2.75, 3.05) is 18.5 Å². The molecule has 0 saturated heterocycles. The van der Waals surface area contributed by atoms with Crippen LogP contribution in [0.3, 0.4) is 0 Å². The Morgan fingerprint density at radius 3 is 3.00 bits per heavy atom. The van der Waals surface area contributed by atoms with Crippen LogP contribution in [-0.2, 0) is 11.8 Å². The fraction of sp³-hybridized carbons (Fsp3) is 0.667. The fourth-order valence-corrected chi connectivity index (χ4v) is 2.60. The molecule has 1 heterocycles. The molecule has 0 bridgehead atoms. The quantitative estimate of drug-likeness (QED) is 0.843. The molecule has 1 fully saturated rings. The highest BCUT2D eigenvalue weighted by atomic mass is 79.9. The van der Waals surface area contributed by atoms with E-state index in [0.717, 1.165) is 0 Å². The molecule has 1 aromatic heterocycles. The first-order valence-electron chi connectivity index (χ1n) is 6.26. The molecule has 1 aromatic rings. The minimum atomic E-state index is -0.142. The van der Waals surface area contributed by atoms with E-state index < -0.39 is 0 Å². The summed E-state index contributed by atoms with van der Waals surface area (Å²) in [6, 6.07) is 0. The number of ether oxygens (including phenoxy) is 1. The van der Waals surface area contributed by atoms with E-state index in [1.165, 1.54) is 30.4 Å². The Morgan fingerprint density at radius 1 is 1.56 bits per heavy atom. The largest absolute Gasteiger partial charge is 0.380 e. The van der Waals surface area contributed by atoms with Gasteiger partial charge in [0.15, 0.2) is 0 Å². The smallest absolute Gasteiger partial charge is 0.282 e. The highest BCUT2D eigenvalue weighted by Gasteiger charge is 2.14. The minimum absolute atomic E-state index is 0.142. The molecule has 0 amide bonds. The lowest BCUT2D eigenvalue weighted by molar-refractivity contribution is 0.0659. The summed E-state index contributed by atoms with van der Waals surface area (Å²) in [6.45, 7) is 1.34. The second-order valence-electron chi connectivity index (χ2n) is 4.51. The highest BCUT2D eigenvalue weighted by Crippen LogP contribution is 2.20. The van der Waals surface area contributed by atoms with Gasteiger partial charge in [-0.05, 0) is 28.8 Å². The zero-order chi connectivity index (χ0) is 13.0. The Morgan fingerprint density at radius 2 is 2.28 bits per heavy atom. The third kappa shape index (κ3) is 3.32. The van der Waals surface area contributed by atoms with Crippen molar-refractivity contribution < 1.29 is 4.74 Å². The molecule has 0 atom stereocenters. The van der Waals surface area contributed by atoms with Crippen LogP contribution >= 0.6 is 15.9 Å². The lowest BCUT2D eigenvalue weighted by atomic mass is 10.3. The first kappa shape index (κ1) is 13.5. The number of hydrogen-bond acceptors (Lipinski definition) is 4. The topological polar surface area (TPSA) is 56.1 Å². The van der Waals surface area contributed by atoms with Crippen molar-refractivity contribution >= 4 is 21.6 Å². The van der Waals surface area contributed by atoms with Gasteiger partial charge in [0.05, 0.1) is 24.6 Å². The van der Waals surface area contributed by atoms with Crippen molar-refractivity contribution in [2.45, 2.75) is 31.8 Å². The van der Waals surface area contributed by atoms with E-state index >= 15 is 0 Å². The van der Waals surface area contributed by atoms with Crippen molar-refractivity contribution in [3.05, 3.63) is 21.0 Å². The van der Waals surface area contributed by atoms with Gasteiger partial charge in [0.2, 0.25) is 0 Å². The molecule has 0 aliphatic heterocycles. The van der Waals surface area contributed by atoms with Crippen molar-refractivity contribution in [1.82, 2.24) is 9.78 Å². The zero-order valence-electron chi connectivity index (χ0n) is 10.5. The van der Waals surface area contributed by atoms with Crippen LogP contribution in [0.25, 0.3) is 0 Å². The van der Waals surface area contributed by atoms with Crippen LogP contribution in [-0.4, -0.2) is 29.0 Å². The summed E-state index contributed by atoms with van der Waals surface area (Å²) in [7, 11) is 1.63. The van der Waals surface area contributed by atoms with Gasteiger partial charge in [-0.15, -0.1) is 0 Å². The molecule has 2 rings (SSSR count).